The van der Waals surface area contributed by atoms with Crippen LogP contribution in [-0.4, -0.2) is 48.2 Å². The summed E-state index contributed by atoms with van der Waals surface area (Å²) in [6.07, 6.45) is 2.47. The number of urea groups is 1. The summed E-state index contributed by atoms with van der Waals surface area (Å²) in [7, 11) is 0. The average Bonchev–Trinajstić information content (AvgIpc) is 2.94. The number of carboxylic acid groups (broad SMARTS) is 1. The second-order valence-corrected chi connectivity index (χ2v) is 5.26. The van der Waals surface area contributed by atoms with E-state index in [0.717, 1.165) is 25.2 Å². The van der Waals surface area contributed by atoms with Crippen LogP contribution in [0.1, 0.15) is 28.8 Å². The quantitative estimate of drug-likeness (QED) is 0.774. The zero-order valence-corrected chi connectivity index (χ0v) is 12.2. The van der Waals surface area contributed by atoms with Crippen LogP contribution in [0.3, 0.4) is 0 Å². The Bertz CT molecular complexity index is 525. The van der Waals surface area contributed by atoms with Crippen LogP contribution in [0.5, 0.6) is 0 Å². The molecule has 6 heteroatoms. The predicted octanol–water partition coefficient (Wildman–Crippen LogP) is 1.91. The van der Waals surface area contributed by atoms with Crippen molar-refractivity contribution < 1.29 is 14.7 Å². The zero-order chi connectivity index (χ0) is 15.2. The van der Waals surface area contributed by atoms with Crippen molar-refractivity contribution in [1.82, 2.24) is 10.2 Å². The Balaban J connectivity index is 1.80. The van der Waals surface area contributed by atoms with Crippen molar-refractivity contribution in [2.75, 3.05) is 31.5 Å². The molecule has 114 valence electrons. The van der Waals surface area contributed by atoms with Crippen LogP contribution in [0.4, 0.5) is 10.5 Å². The summed E-state index contributed by atoms with van der Waals surface area (Å²) >= 11 is 0. The Morgan fingerprint density at radius 1 is 1.29 bits per heavy atom. The van der Waals surface area contributed by atoms with Gasteiger partial charge < -0.3 is 20.6 Å². The van der Waals surface area contributed by atoms with Gasteiger partial charge in [0.05, 0.1) is 5.56 Å². The SMILES string of the molecule is Cc1cc(C(=O)O)ccc1NC(=O)NCCN1CCCC1. The smallest absolute Gasteiger partial charge is 0.335 e. The molecule has 0 radical (unpaired) electrons. The van der Waals surface area contributed by atoms with Crippen molar-refractivity contribution in [3.8, 4) is 0 Å². The molecule has 1 fully saturated rings. The van der Waals surface area contributed by atoms with Gasteiger partial charge in [-0.15, -0.1) is 0 Å². The summed E-state index contributed by atoms with van der Waals surface area (Å²) in [5.74, 6) is -0.972. The van der Waals surface area contributed by atoms with Gasteiger partial charge in [0.15, 0.2) is 0 Å². The fourth-order valence-electron chi connectivity index (χ4n) is 2.44. The van der Waals surface area contributed by atoms with Crippen molar-refractivity contribution in [2.45, 2.75) is 19.8 Å². The van der Waals surface area contributed by atoms with E-state index in [1.807, 2.05) is 0 Å². The van der Waals surface area contributed by atoms with Gasteiger partial charge in [-0.1, -0.05) is 0 Å². The van der Waals surface area contributed by atoms with Crippen molar-refractivity contribution in [2.24, 2.45) is 0 Å². The van der Waals surface area contributed by atoms with Gasteiger partial charge in [-0.2, -0.15) is 0 Å². The van der Waals surface area contributed by atoms with Gasteiger partial charge in [-0.3, -0.25) is 0 Å². The summed E-state index contributed by atoms with van der Waals surface area (Å²) < 4.78 is 0. The maximum Gasteiger partial charge on any atom is 0.335 e. The Hall–Kier alpha value is -2.08. The van der Waals surface area contributed by atoms with E-state index in [0.29, 0.717) is 12.2 Å². The van der Waals surface area contributed by atoms with Crippen LogP contribution in [-0.2, 0) is 0 Å². The minimum absolute atomic E-state index is 0.215. The third-order valence-electron chi connectivity index (χ3n) is 3.63. The van der Waals surface area contributed by atoms with Gasteiger partial charge in [-0.05, 0) is 56.6 Å². The number of benzene rings is 1. The van der Waals surface area contributed by atoms with Gasteiger partial charge in [0.25, 0.3) is 0 Å². The Morgan fingerprint density at radius 3 is 2.62 bits per heavy atom. The summed E-state index contributed by atoms with van der Waals surface area (Å²) in [5, 5.41) is 14.5. The zero-order valence-electron chi connectivity index (χ0n) is 12.2. The lowest BCUT2D eigenvalue weighted by atomic mass is 10.1. The molecule has 6 nitrogen and oxygen atoms in total. The average molecular weight is 291 g/mol. The highest BCUT2D eigenvalue weighted by molar-refractivity contribution is 5.92. The third kappa shape index (κ3) is 4.46. The first-order valence-corrected chi connectivity index (χ1v) is 7.17. The van der Waals surface area contributed by atoms with E-state index in [4.69, 9.17) is 5.11 Å². The molecule has 1 aromatic carbocycles. The summed E-state index contributed by atoms with van der Waals surface area (Å²) in [5.41, 5.74) is 1.57. The Morgan fingerprint density at radius 2 is 2.00 bits per heavy atom. The van der Waals surface area contributed by atoms with Crippen LogP contribution < -0.4 is 10.6 Å². The van der Waals surface area contributed by atoms with Crippen molar-refractivity contribution in [1.29, 1.82) is 0 Å². The van der Waals surface area contributed by atoms with Crippen LogP contribution in [0, 0.1) is 6.92 Å². The lowest BCUT2D eigenvalue weighted by molar-refractivity contribution is 0.0697. The van der Waals surface area contributed by atoms with E-state index >= 15 is 0 Å². The molecule has 1 aliphatic rings. The number of carboxylic acids is 1. The molecule has 0 spiro atoms. The number of nitrogens with zero attached hydrogens (tertiary/aromatic N) is 1. The molecule has 0 atom stereocenters. The molecule has 0 aliphatic carbocycles. The Kier molecular flexibility index (Phi) is 5.16. The van der Waals surface area contributed by atoms with Crippen LogP contribution >= 0.6 is 0 Å². The summed E-state index contributed by atoms with van der Waals surface area (Å²) in [4.78, 5) is 25.0. The summed E-state index contributed by atoms with van der Waals surface area (Å²) in [6.45, 7) is 5.47. The molecule has 1 aromatic rings. The Labute approximate surface area is 124 Å². The van der Waals surface area contributed by atoms with Crippen LogP contribution in [0.25, 0.3) is 0 Å². The number of nitrogens with one attached hydrogen (secondary N) is 2. The maximum absolute atomic E-state index is 11.8. The van der Waals surface area contributed by atoms with E-state index < -0.39 is 5.97 Å². The fourth-order valence-corrected chi connectivity index (χ4v) is 2.44. The number of carbonyl (C=O) groups is 2. The lowest BCUT2D eigenvalue weighted by Crippen LogP contribution is -2.36. The van der Waals surface area contributed by atoms with E-state index in [2.05, 4.69) is 15.5 Å². The van der Waals surface area contributed by atoms with Crippen LogP contribution in [0.2, 0.25) is 0 Å². The number of aromatic carboxylic acids is 1. The molecule has 1 saturated heterocycles. The van der Waals surface area contributed by atoms with E-state index in [-0.39, 0.29) is 11.6 Å². The molecule has 0 aromatic heterocycles. The molecule has 2 rings (SSSR count). The molecular formula is C15H21N3O3. The molecule has 1 heterocycles. The second-order valence-electron chi connectivity index (χ2n) is 5.26. The fraction of sp³-hybridized carbons (Fsp3) is 0.467. The largest absolute Gasteiger partial charge is 0.478 e. The number of likely N-dealkylation sites (tertiary alicyclic amines) is 1. The number of rotatable bonds is 5. The highest BCUT2D eigenvalue weighted by atomic mass is 16.4. The third-order valence-corrected chi connectivity index (χ3v) is 3.63. The van der Waals surface area contributed by atoms with Crippen molar-refractivity contribution >= 4 is 17.7 Å². The number of anilines is 1. The molecule has 1 aliphatic heterocycles. The van der Waals surface area contributed by atoms with E-state index in [9.17, 15) is 9.59 Å². The molecule has 0 unspecified atom stereocenters. The van der Waals surface area contributed by atoms with Gasteiger partial charge in [-0.25, -0.2) is 9.59 Å². The van der Waals surface area contributed by atoms with Gasteiger partial charge in [0.2, 0.25) is 0 Å². The van der Waals surface area contributed by atoms with E-state index in [1.54, 1.807) is 19.1 Å². The number of carbonyl (C=O) groups excluding carboxylic acids is 1. The van der Waals surface area contributed by atoms with Gasteiger partial charge in [0, 0.05) is 18.8 Å². The van der Waals surface area contributed by atoms with Gasteiger partial charge >= 0.3 is 12.0 Å². The number of hydrogen-bond donors (Lipinski definition) is 3. The first-order valence-electron chi connectivity index (χ1n) is 7.17. The van der Waals surface area contributed by atoms with Crippen molar-refractivity contribution in [3.63, 3.8) is 0 Å². The summed E-state index contributed by atoms with van der Waals surface area (Å²) in [6, 6.07) is 4.37. The first kappa shape index (κ1) is 15.3. The number of aryl methyl sites for hydroxylation is 1. The van der Waals surface area contributed by atoms with Gasteiger partial charge in [0.1, 0.15) is 0 Å². The minimum atomic E-state index is -0.972. The highest BCUT2D eigenvalue weighted by Crippen LogP contribution is 2.16. The van der Waals surface area contributed by atoms with Crippen LogP contribution in [0.15, 0.2) is 18.2 Å². The van der Waals surface area contributed by atoms with Crippen molar-refractivity contribution in [3.05, 3.63) is 29.3 Å². The van der Waals surface area contributed by atoms with E-state index in [1.165, 1.54) is 18.9 Å². The minimum Gasteiger partial charge on any atom is -0.478 e. The lowest BCUT2D eigenvalue weighted by Gasteiger charge is -2.15. The molecule has 21 heavy (non-hydrogen) atoms. The normalized spacial score (nSPS) is 14.9. The molecule has 2 amide bonds. The predicted molar refractivity (Wildman–Crippen MR) is 80.8 cm³/mol. The highest BCUT2D eigenvalue weighted by Gasteiger charge is 2.11. The topological polar surface area (TPSA) is 81.7 Å². The molecule has 3 N–H and O–H groups in total. The number of amides is 2. The standard InChI is InChI=1S/C15H21N3O3/c1-11-10-12(14(19)20)4-5-13(11)17-15(21)16-6-9-18-7-2-3-8-18/h4-5,10H,2-3,6-9H2,1H3,(H,19,20)(H2,16,17,21). The second kappa shape index (κ2) is 7.08. The first-order chi connectivity index (χ1) is 10.1. The molecular weight excluding hydrogens is 270 g/mol. The molecule has 0 bridgehead atoms. The molecule has 0 saturated carbocycles. The monoisotopic (exact) mass is 291 g/mol. The maximum atomic E-state index is 11.8. The number of hydrogen-bond acceptors (Lipinski definition) is 3.